The van der Waals surface area contributed by atoms with E-state index in [1.165, 1.54) is 22.7 Å². The van der Waals surface area contributed by atoms with E-state index in [0.29, 0.717) is 36.7 Å². The minimum absolute atomic E-state index is 0.136. The second-order valence-corrected chi connectivity index (χ2v) is 10.9. The predicted octanol–water partition coefficient (Wildman–Crippen LogP) is 6.22. The van der Waals surface area contributed by atoms with Gasteiger partial charge in [-0.3, -0.25) is 4.98 Å². The molecule has 0 bridgehead atoms. The lowest BCUT2D eigenvalue weighted by atomic mass is 10.0. The molecule has 0 saturated carbocycles. The molecule has 0 spiro atoms. The Kier molecular flexibility index (Phi) is 17.9. The number of anilines is 3. The molecule has 1 aliphatic heterocycles. The van der Waals surface area contributed by atoms with Gasteiger partial charge in [0.05, 0.1) is 46.6 Å². The molecule has 1 aliphatic rings. The highest BCUT2D eigenvalue weighted by Crippen LogP contribution is 2.31. The van der Waals surface area contributed by atoms with E-state index in [1.807, 2.05) is 11.0 Å². The number of halogens is 15. The van der Waals surface area contributed by atoms with Gasteiger partial charge in [-0.2, -0.15) is 62.3 Å². The van der Waals surface area contributed by atoms with Crippen LogP contribution in [0.2, 0.25) is 0 Å². The molecule has 0 aliphatic carbocycles. The molecule has 0 amide bonds. The van der Waals surface area contributed by atoms with Gasteiger partial charge in [0.15, 0.2) is 0 Å². The van der Waals surface area contributed by atoms with Crippen LogP contribution < -0.4 is 16.0 Å². The fraction of sp³-hybridized carbons (Fsp3) is 0.300. The predicted molar refractivity (Wildman–Crippen MR) is 170 cm³/mol. The molecule has 7 N–H and O–H groups in total. The number of piperidine rings is 1. The Hall–Kier alpha value is -6.62. The van der Waals surface area contributed by atoms with Crippen LogP contribution in [-0.2, 0) is 19.2 Å². The summed E-state index contributed by atoms with van der Waals surface area (Å²) in [6.07, 6.45) is -16.1. The largest absolute Gasteiger partial charge is 0.490 e. The summed E-state index contributed by atoms with van der Waals surface area (Å²) in [4.78, 5) is 46.1. The van der Waals surface area contributed by atoms with Crippen molar-refractivity contribution in [3.63, 3.8) is 0 Å². The first-order chi connectivity index (χ1) is 27.3. The normalized spacial score (nSPS) is 15.3. The van der Waals surface area contributed by atoms with Crippen LogP contribution in [0, 0.1) is 11.6 Å². The number of alkyl halides is 13. The van der Waals surface area contributed by atoms with Crippen molar-refractivity contribution >= 4 is 46.7 Å². The zero-order valence-corrected chi connectivity index (χ0v) is 28.9. The summed E-state index contributed by atoms with van der Waals surface area (Å²) in [5, 5.41) is 36.1. The van der Waals surface area contributed by atoms with Gasteiger partial charge in [0.2, 0.25) is 5.95 Å². The molecule has 1 saturated heterocycles. The zero-order chi connectivity index (χ0) is 46.6. The molecule has 4 aromatic rings. The maximum Gasteiger partial charge on any atom is 0.490 e. The Morgan fingerprint density at radius 2 is 1.17 bits per heavy atom. The average Bonchev–Trinajstić information content (AvgIpc) is 3.51. The molecule has 3 aromatic heterocycles. The van der Waals surface area contributed by atoms with Gasteiger partial charge < -0.3 is 36.4 Å². The number of pyridine rings is 1. The highest BCUT2D eigenvalue weighted by molar-refractivity contribution is 5.75. The van der Waals surface area contributed by atoms with E-state index in [1.54, 1.807) is 30.7 Å². The number of fused-ring (bicyclic) bond motifs is 1. The van der Waals surface area contributed by atoms with Crippen molar-refractivity contribution in [1.29, 1.82) is 0 Å². The molecule has 15 nitrogen and oxygen atoms in total. The van der Waals surface area contributed by atoms with Crippen LogP contribution in [0.1, 0.15) is 6.42 Å². The highest BCUT2D eigenvalue weighted by Gasteiger charge is 2.40. The number of rotatable bonds is 4. The first kappa shape index (κ1) is 51.4. The number of imidazole rings is 1. The lowest BCUT2D eigenvalue weighted by Crippen LogP contribution is -2.49. The monoisotopic (exact) mass is 895 g/mol. The van der Waals surface area contributed by atoms with Gasteiger partial charge >= 0.3 is 48.6 Å². The number of carbonyl (C=O) groups is 4. The first-order valence-electron chi connectivity index (χ1n) is 15.1. The third-order valence-corrected chi connectivity index (χ3v) is 6.53. The van der Waals surface area contributed by atoms with E-state index < -0.39 is 72.4 Å². The topological polar surface area (TPSA) is 234 Å². The van der Waals surface area contributed by atoms with Gasteiger partial charge in [0, 0.05) is 19.3 Å². The summed E-state index contributed by atoms with van der Waals surface area (Å²) in [5.41, 5.74) is 7.92. The van der Waals surface area contributed by atoms with E-state index in [0.717, 1.165) is 5.69 Å². The molecule has 0 radical (unpaired) electrons. The van der Waals surface area contributed by atoms with Crippen molar-refractivity contribution in [1.82, 2.24) is 19.6 Å². The number of benzene rings is 1. The molecule has 0 unspecified atom stereocenters. The second-order valence-electron chi connectivity index (χ2n) is 10.9. The molecular formula is C30H24F15N7O8. The molecule has 60 heavy (non-hydrogen) atoms. The standard InChI is InChI=1S/C22H20F3N7.4C2HF3O2/c23-14-7-9-31(12-17(14)26)20-6-8-27-11-19(20)29-22-28-10-13-4-5-18(30-32(13)22)21-15(24)2-1-3-16(21)25;4*3-2(4,5)1(6)7/h1-6,8,10-11,14,17H,7,9,12,26H2,(H,28,29);4*(H,6,7)/t14-,17-;;;;/m0..../s1. The highest BCUT2D eigenvalue weighted by atomic mass is 19.4. The van der Waals surface area contributed by atoms with Gasteiger partial charge in [-0.25, -0.2) is 37.3 Å². The number of hydrogen-bond donors (Lipinski definition) is 6. The number of carboxylic acid groups (broad SMARTS) is 4. The number of carboxylic acids is 4. The molecule has 5 rings (SSSR count). The lowest BCUT2D eigenvalue weighted by molar-refractivity contribution is -0.193. The maximum absolute atomic E-state index is 14.3. The second kappa shape index (κ2) is 20.9. The third kappa shape index (κ3) is 16.3. The number of aliphatic carboxylic acids is 4. The van der Waals surface area contributed by atoms with E-state index in [2.05, 4.69) is 20.4 Å². The molecule has 1 aromatic carbocycles. The van der Waals surface area contributed by atoms with Crippen LogP contribution >= 0.6 is 0 Å². The Bertz CT molecular complexity index is 1980. The summed E-state index contributed by atoms with van der Waals surface area (Å²) >= 11 is 0. The van der Waals surface area contributed by atoms with Gasteiger partial charge in [-0.15, -0.1) is 0 Å². The van der Waals surface area contributed by atoms with E-state index in [4.69, 9.17) is 45.3 Å². The first-order valence-corrected chi connectivity index (χ1v) is 15.1. The number of aromatic nitrogens is 4. The van der Waals surface area contributed by atoms with Crippen LogP contribution in [-0.4, -0.2) is 114 Å². The Morgan fingerprint density at radius 1 is 0.717 bits per heavy atom. The van der Waals surface area contributed by atoms with Crippen molar-refractivity contribution < 1.29 is 105 Å². The maximum atomic E-state index is 14.3. The molecule has 2 atom stereocenters. The molecule has 1 fully saturated rings. The molecular weight excluding hydrogens is 871 g/mol. The van der Waals surface area contributed by atoms with Gasteiger partial charge in [-0.1, -0.05) is 6.07 Å². The summed E-state index contributed by atoms with van der Waals surface area (Å²) < 4.78 is 171. The van der Waals surface area contributed by atoms with Crippen LogP contribution in [0.4, 0.5) is 83.2 Å². The van der Waals surface area contributed by atoms with Crippen LogP contribution in [0.15, 0.2) is 55.0 Å². The van der Waals surface area contributed by atoms with Crippen molar-refractivity contribution in [2.75, 3.05) is 23.3 Å². The minimum Gasteiger partial charge on any atom is -0.475 e. The number of hydrogen-bond acceptors (Lipinski definition) is 10. The summed E-state index contributed by atoms with van der Waals surface area (Å²) in [5.74, 6) is -12.1. The van der Waals surface area contributed by atoms with Crippen molar-refractivity contribution in [2.24, 2.45) is 5.73 Å². The number of nitrogens with zero attached hydrogens (tertiary/aromatic N) is 5. The third-order valence-electron chi connectivity index (χ3n) is 6.53. The van der Waals surface area contributed by atoms with Gasteiger partial charge in [-0.05, 0) is 36.8 Å². The number of nitrogens with two attached hydrogens (primary N) is 1. The summed E-state index contributed by atoms with van der Waals surface area (Å²) in [7, 11) is 0. The lowest BCUT2D eigenvalue weighted by Gasteiger charge is -2.35. The zero-order valence-electron chi connectivity index (χ0n) is 28.9. The fourth-order valence-electron chi connectivity index (χ4n) is 3.90. The summed E-state index contributed by atoms with van der Waals surface area (Å²) in [6, 6.07) is 8.14. The fourth-order valence-corrected chi connectivity index (χ4v) is 3.90. The van der Waals surface area contributed by atoms with Gasteiger partial charge in [0.1, 0.15) is 17.8 Å². The smallest absolute Gasteiger partial charge is 0.475 e. The minimum atomic E-state index is -5.08. The molecule has 30 heteroatoms. The van der Waals surface area contributed by atoms with E-state index >= 15 is 0 Å². The van der Waals surface area contributed by atoms with Crippen LogP contribution in [0.25, 0.3) is 16.8 Å². The van der Waals surface area contributed by atoms with Crippen molar-refractivity contribution in [3.8, 4) is 11.3 Å². The SMILES string of the molecule is N[C@H]1CN(c2ccncc2Nc2ncc3ccc(-c4c(F)cccc4F)nn23)CC[C@@H]1F.O=C(O)C(F)(F)F.O=C(O)C(F)(F)F.O=C(O)C(F)(F)F.O=C(O)C(F)(F)F. The Labute approximate surface area is 322 Å². The van der Waals surface area contributed by atoms with Crippen molar-refractivity contribution in [3.05, 3.63) is 66.6 Å². The van der Waals surface area contributed by atoms with E-state index in [9.17, 15) is 65.9 Å². The van der Waals surface area contributed by atoms with Crippen LogP contribution in [0.3, 0.4) is 0 Å². The Morgan fingerprint density at radius 3 is 1.58 bits per heavy atom. The van der Waals surface area contributed by atoms with E-state index in [-0.39, 0.29) is 11.3 Å². The van der Waals surface area contributed by atoms with Gasteiger partial charge in [0.25, 0.3) is 0 Å². The summed E-state index contributed by atoms with van der Waals surface area (Å²) in [6.45, 7) is 0.891. The number of nitrogens with one attached hydrogen (secondary N) is 1. The molecule has 332 valence electrons. The average molecular weight is 896 g/mol. The Balaban J connectivity index is 0.000000522. The quantitative estimate of drug-likeness (QED) is 0.125. The van der Waals surface area contributed by atoms with Crippen molar-refractivity contribution in [2.45, 2.75) is 43.3 Å². The van der Waals surface area contributed by atoms with Crippen LogP contribution in [0.5, 0.6) is 0 Å². The molecule has 4 heterocycles.